The van der Waals surface area contributed by atoms with Crippen molar-refractivity contribution in [2.75, 3.05) is 11.4 Å². The fraction of sp³-hybridized carbons (Fsp3) is 0.278. The molecule has 1 aliphatic heterocycles. The quantitative estimate of drug-likeness (QED) is 0.919. The predicted octanol–water partition coefficient (Wildman–Crippen LogP) is 2.97. The Morgan fingerprint density at radius 1 is 1.19 bits per heavy atom. The Morgan fingerprint density at radius 3 is 2.67 bits per heavy atom. The summed E-state index contributed by atoms with van der Waals surface area (Å²) in [7, 11) is 0. The van der Waals surface area contributed by atoms with Crippen LogP contribution >= 0.6 is 0 Å². The summed E-state index contributed by atoms with van der Waals surface area (Å²) < 4.78 is 0. The molecule has 3 nitrogen and oxygen atoms in total. The highest BCUT2D eigenvalue weighted by Crippen LogP contribution is 2.32. The van der Waals surface area contributed by atoms with Crippen LogP contribution in [0.5, 0.6) is 0 Å². The lowest BCUT2D eigenvalue weighted by Crippen LogP contribution is -2.39. The molecule has 0 fully saturated rings. The first-order chi connectivity index (χ1) is 10.1. The molecule has 1 unspecified atom stereocenters. The second-order valence-electron chi connectivity index (χ2n) is 5.66. The number of aryl methyl sites for hydroxylation is 1. The Balaban J connectivity index is 1.82. The average Bonchev–Trinajstić information content (AvgIpc) is 2.50. The van der Waals surface area contributed by atoms with Gasteiger partial charge in [-0.1, -0.05) is 48.0 Å². The van der Waals surface area contributed by atoms with E-state index in [4.69, 9.17) is 5.73 Å². The number of benzene rings is 2. The summed E-state index contributed by atoms with van der Waals surface area (Å²) in [5, 5.41) is 0. The van der Waals surface area contributed by atoms with E-state index in [0.717, 1.165) is 23.2 Å². The summed E-state index contributed by atoms with van der Waals surface area (Å²) >= 11 is 0. The van der Waals surface area contributed by atoms with E-state index in [1.807, 2.05) is 60.4 Å². The van der Waals surface area contributed by atoms with E-state index < -0.39 is 0 Å². The third kappa shape index (κ3) is 2.83. The van der Waals surface area contributed by atoms with Gasteiger partial charge >= 0.3 is 0 Å². The number of carbonyl (C=O) groups is 1. The predicted molar refractivity (Wildman–Crippen MR) is 85.2 cm³/mol. The van der Waals surface area contributed by atoms with E-state index in [9.17, 15) is 4.79 Å². The van der Waals surface area contributed by atoms with Crippen molar-refractivity contribution in [3.05, 3.63) is 65.2 Å². The number of para-hydroxylation sites is 1. The van der Waals surface area contributed by atoms with E-state index in [-0.39, 0.29) is 11.9 Å². The normalized spacial score (nSPS) is 17.4. The first-order valence-corrected chi connectivity index (χ1v) is 7.35. The Kier molecular flexibility index (Phi) is 3.76. The Labute approximate surface area is 125 Å². The zero-order chi connectivity index (χ0) is 14.8. The molecule has 3 heteroatoms. The van der Waals surface area contributed by atoms with Crippen molar-refractivity contribution >= 4 is 11.6 Å². The molecule has 0 saturated heterocycles. The molecule has 21 heavy (non-hydrogen) atoms. The first-order valence-electron chi connectivity index (χ1n) is 7.35. The number of fused-ring (bicyclic) bond motifs is 1. The number of hydrogen-bond donors (Lipinski definition) is 1. The van der Waals surface area contributed by atoms with Gasteiger partial charge in [0.05, 0.1) is 6.42 Å². The highest BCUT2D eigenvalue weighted by atomic mass is 16.2. The third-order valence-electron chi connectivity index (χ3n) is 4.07. The molecule has 0 radical (unpaired) electrons. The second-order valence-corrected chi connectivity index (χ2v) is 5.66. The summed E-state index contributed by atoms with van der Waals surface area (Å²) in [5.41, 5.74) is 10.4. The van der Waals surface area contributed by atoms with Crippen LogP contribution in [0.15, 0.2) is 48.5 Å². The molecular weight excluding hydrogens is 260 g/mol. The van der Waals surface area contributed by atoms with Gasteiger partial charge in [-0.05, 0) is 30.5 Å². The number of carbonyl (C=O) groups excluding carboxylic acids is 1. The molecule has 0 bridgehead atoms. The van der Waals surface area contributed by atoms with Crippen molar-refractivity contribution in [2.24, 2.45) is 5.73 Å². The average molecular weight is 280 g/mol. The van der Waals surface area contributed by atoms with Crippen molar-refractivity contribution in [2.45, 2.75) is 25.8 Å². The van der Waals surface area contributed by atoms with Gasteiger partial charge < -0.3 is 10.6 Å². The van der Waals surface area contributed by atoms with Crippen molar-refractivity contribution in [3.63, 3.8) is 0 Å². The minimum Gasteiger partial charge on any atom is -0.324 e. The van der Waals surface area contributed by atoms with Gasteiger partial charge in [0.15, 0.2) is 0 Å². The van der Waals surface area contributed by atoms with Gasteiger partial charge in [0.1, 0.15) is 0 Å². The van der Waals surface area contributed by atoms with Gasteiger partial charge in [-0.15, -0.1) is 0 Å². The summed E-state index contributed by atoms with van der Waals surface area (Å²) in [6, 6.07) is 16.1. The largest absolute Gasteiger partial charge is 0.324 e. The molecule has 1 heterocycles. The van der Waals surface area contributed by atoms with Gasteiger partial charge in [-0.3, -0.25) is 4.79 Å². The van der Waals surface area contributed by atoms with Crippen molar-refractivity contribution in [1.82, 2.24) is 0 Å². The number of hydrogen-bond acceptors (Lipinski definition) is 2. The Morgan fingerprint density at radius 2 is 1.90 bits per heavy atom. The fourth-order valence-corrected chi connectivity index (χ4v) is 2.83. The van der Waals surface area contributed by atoms with E-state index in [1.165, 1.54) is 5.56 Å². The van der Waals surface area contributed by atoms with Crippen molar-refractivity contribution in [1.29, 1.82) is 0 Å². The highest BCUT2D eigenvalue weighted by molar-refractivity contribution is 5.96. The van der Waals surface area contributed by atoms with Crippen LogP contribution in [-0.2, 0) is 11.2 Å². The monoisotopic (exact) mass is 280 g/mol. The molecule has 0 saturated carbocycles. The number of amides is 1. The van der Waals surface area contributed by atoms with Crippen LogP contribution < -0.4 is 10.6 Å². The van der Waals surface area contributed by atoms with E-state index in [2.05, 4.69) is 0 Å². The van der Waals surface area contributed by atoms with Gasteiger partial charge in [-0.25, -0.2) is 0 Å². The zero-order valence-corrected chi connectivity index (χ0v) is 12.3. The lowest BCUT2D eigenvalue weighted by molar-refractivity contribution is -0.118. The molecule has 1 atom stereocenters. The maximum absolute atomic E-state index is 12.6. The molecular formula is C18H20N2O. The zero-order valence-electron chi connectivity index (χ0n) is 12.3. The van der Waals surface area contributed by atoms with Crippen LogP contribution in [0.2, 0.25) is 0 Å². The van der Waals surface area contributed by atoms with E-state index in [0.29, 0.717) is 13.0 Å². The molecule has 2 N–H and O–H groups in total. The first kappa shape index (κ1) is 13.8. The maximum atomic E-state index is 12.6. The van der Waals surface area contributed by atoms with Crippen LogP contribution in [0.1, 0.15) is 29.2 Å². The van der Waals surface area contributed by atoms with Crippen LogP contribution in [0.3, 0.4) is 0 Å². The lowest BCUT2D eigenvalue weighted by Gasteiger charge is -2.32. The minimum absolute atomic E-state index is 0.0321. The molecule has 2 aromatic rings. The smallest absolute Gasteiger partial charge is 0.231 e. The van der Waals surface area contributed by atoms with E-state index >= 15 is 0 Å². The van der Waals surface area contributed by atoms with Gasteiger partial charge in [-0.2, -0.15) is 0 Å². The topological polar surface area (TPSA) is 46.3 Å². The maximum Gasteiger partial charge on any atom is 0.231 e. The highest BCUT2D eigenvalue weighted by Gasteiger charge is 2.26. The molecule has 3 rings (SSSR count). The van der Waals surface area contributed by atoms with Gasteiger partial charge in [0.25, 0.3) is 0 Å². The van der Waals surface area contributed by atoms with Crippen molar-refractivity contribution < 1.29 is 4.79 Å². The summed E-state index contributed by atoms with van der Waals surface area (Å²) in [6.07, 6.45) is 1.25. The summed E-state index contributed by atoms with van der Waals surface area (Å²) in [6.45, 7) is 2.75. The summed E-state index contributed by atoms with van der Waals surface area (Å²) in [4.78, 5) is 14.5. The summed E-state index contributed by atoms with van der Waals surface area (Å²) in [5.74, 6) is 0.137. The van der Waals surface area contributed by atoms with E-state index in [1.54, 1.807) is 0 Å². The Hall–Kier alpha value is -2.13. The second kappa shape index (κ2) is 5.70. The SMILES string of the molecule is Cc1ccc(CC(=O)N2CCC(N)c3ccccc32)cc1. The molecule has 0 aliphatic carbocycles. The number of rotatable bonds is 2. The van der Waals surface area contributed by atoms with Gasteiger partial charge in [0, 0.05) is 18.3 Å². The number of anilines is 1. The third-order valence-corrected chi connectivity index (χ3v) is 4.07. The standard InChI is InChI=1S/C18H20N2O/c1-13-6-8-14(9-7-13)12-18(21)20-11-10-16(19)15-4-2-3-5-17(15)20/h2-9,16H,10-12,19H2,1H3. The van der Waals surface area contributed by atoms with Gasteiger partial charge in [0.2, 0.25) is 5.91 Å². The van der Waals surface area contributed by atoms with Crippen LogP contribution in [-0.4, -0.2) is 12.5 Å². The van der Waals surface area contributed by atoms with Crippen molar-refractivity contribution in [3.8, 4) is 0 Å². The number of nitrogens with two attached hydrogens (primary N) is 1. The molecule has 0 aromatic heterocycles. The molecule has 2 aromatic carbocycles. The molecule has 108 valence electrons. The Bertz CT molecular complexity index is 649. The van der Waals surface area contributed by atoms with Crippen LogP contribution in [0, 0.1) is 6.92 Å². The fourth-order valence-electron chi connectivity index (χ4n) is 2.83. The van der Waals surface area contributed by atoms with Crippen LogP contribution in [0.4, 0.5) is 5.69 Å². The molecule has 0 spiro atoms. The van der Waals surface area contributed by atoms with Crippen LogP contribution in [0.25, 0.3) is 0 Å². The molecule has 1 amide bonds. The number of nitrogens with zero attached hydrogens (tertiary/aromatic N) is 1. The minimum atomic E-state index is 0.0321. The lowest BCUT2D eigenvalue weighted by atomic mass is 9.96. The molecule has 1 aliphatic rings.